The highest BCUT2D eigenvalue weighted by molar-refractivity contribution is 8.48. The van der Waals surface area contributed by atoms with Crippen LogP contribution >= 0.6 is 30.4 Å². The van der Waals surface area contributed by atoms with Crippen LogP contribution in [-0.4, -0.2) is 32.9 Å². The Labute approximate surface area is 153 Å². The maximum atomic E-state index is 2.43. The molecule has 3 heteroatoms. The molecule has 0 aromatic rings. The molecule has 0 nitrogen and oxygen atoms in total. The fourth-order valence-corrected chi connectivity index (χ4v) is 16.4. The average molecular weight is 373 g/mol. The van der Waals surface area contributed by atoms with E-state index in [1.54, 1.807) is 37.7 Å². The third-order valence-electron chi connectivity index (χ3n) is 6.45. The van der Waals surface area contributed by atoms with Gasteiger partial charge < -0.3 is 0 Å². The molecule has 2 saturated carbocycles. The number of unbranched alkanes of at least 4 members (excludes halogenated alkanes) is 3. The van der Waals surface area contributed by atoms with E-state index in [2.05, 4.69) is 44.3 Å². The second-order valence-corrected chi connectivity index (χ2v) is 15.5. The second kappa shape index (κ2) is 8.59. The van der Waals surface area contributed by atoms with Gasteiger partial charge in [0, 0.05) is 14.5 Å². The Kier molecular flexibility index (Phi) is 7.01. The summed E-state index contributed by atoms with van der Waals surface area (Å²) in [6.45, 7) is 6.35. The molecule has 3 fully saturated rings. The molecule has 1 aliphatic heterocycles. The fourth-order valence-electron chi connectivity index (χ4n) is 4.99. The molecule has 1 saturated heterocycles. The summed E-state index contributed by atoms with van der Waals surface area (Å²) < 4.78 is 2.01. The molecular weight excluding hydrogens is 335 g/mol. The predicted molar refractivity (Wildman–Crippen MR) is 115 cm³/mol. The smallest absolute Gasteiger partial charge is 0.0372 e. The average Bonchev–Trinajstić information content (AvgIpc) is 3.27. The van der Waals surface area contributed by atoms with Crippen molar-refractivity contribution in [2.45, 2.75) is 89.1 Å². The second-order valence-electron chi connectivity index (χ2n) is 8.14. The van der Waals surface area contributed by atoms with Crippen molar-refractivity contribution in [2.75, 3.05) is 18.5 Å². The van der Waals surface area contributed by atoms with Crippen LogP contribution in [-0.2, 0) is 0 Å². The molecule has 23 heavy (non-hydrogen) atoms. The van der Waals surface area contributed by atoms with Crippen molar-refractivity contribution < 1.29 is 0 Å². The van der Waals surface area contributed by atoms with Crippen LogP contribution in [0.5, 0.6) is 0 Å². The Balaban J connectivity index is 1.85. The third kappa shape index (κ3) is 3.90. The minimum atomic E-state index is -0.830. The maximum absolute atomic E-state index is 2.43. The van der Waals surface area contributed by atoms with Crippen molar-refractivity contribution in [1.29, 1.82) is 0 Å². The van der Waals surface area contributed by atoms with Crippen LogP contribution in [0.25, 0.3) is 0 Å². The molecule has 0 aromatic carbocycles. The molecule has 2 bridgehead atoms. The van der Waals surface area contributed by atoms with E-state index in [9.17, 15) is 0 Å². The molecule has 0 amide bonds. The Morgan fingerprint density at radius 2 is 1.22 bits per heavy atom. The highest BCUT2D eigenvalue weighted by atomic mass is 32.2. The summed E-state index contributed by atoms with van der Waals surface area (Å²) in [5.41, 5.74) is 0. The lowest BCUT2D eigenvalue weighted by Crippen LogP contribution is -2.22. The van der Waals surface area contributed by atoms with E-state index in [0.717, 1.165) is 22.3 Å². The Morgan fingerprint density at radius 3 is 1.61 bits per heavy atom. The van der Waals surface area contributed by atoms with Crippen molar-refractivity contribution in [1.82, 2.24) is 0 Å². The van der Waals surface area contributed by atoms with E-state index < -0.39 is 6.89 Å². The van der Waals surface area contributed by atoms with Gasteiger partial charge >= 0.3 is 0 Å². The van der Waals surface area contributed by atoms with E-state index in [0.29, 0.717) is 0 Å². The molecule has 3 aliphatic rings. The first-order valence-electron chi connectivity index (χ1n) is 10.3. The van der Waals surface area contributed by atoms with Crippen LogP contribution in [0, 0.1) is 11.8 Å². The molecular formula is C20H37PS2. The van der Waals surface area contributed by atoms with Gasteiger partial charge in [0.25, 0.3) is 0 Å². The van der Waals surface area contributed by atoms with Crippen LogP contribution in [0.15, 0.2) is 0 Å². The van der Waals surface area contributed by atoms with E-state index in [-0.39, 0.29) is 0 Å². The van der Waals surface area contributed by atoms with Crippen molar-refractivity contribution in [3.05, 3.63) is 0 Å². The van der Waals surface area contributed by atoms with Crippen LogP contribution in [0.1, 0.15) is 78.6 Å². The van der Waals surface area contributed by atoms with E-state index in [1.165, 1.54) is 38.5 Å². The Morgan fingerprint density at radius 1 is 0.783 bits per heavy atom. The monoisotopic (exact) mass is 372 g/mol. The van der Waals surface area contributed by atoms with Crippen LogP contribution < -0.4 is 0 Å². The molecule has 0 aromatic heterocycles. The van der Waals surface area contributed by atoms with Gasteiger partial charge in [0.15, 0.2) is 0 Å². The van der Waals surface area contributed by atoms with Crippen molar-refractivity contribution in [3.63, 3.8) is 0 Å². The molecule has 2 aliphatic carbocycles. The number of hydrogen-bond acceptors (Lipinski definition) is 2. The summed E-state index contributed by atoms with van der Waals surface area (Å²) in [5, 5.41) is 2.05. The molecule has 134 valence electrons. The summed E-state index contributed by atoms with van der Waals surface area (Å²) in [6.07, 6.45) is 18.0. The summed E-state index contributed by atoms with van der Waals surface area (Å²) >= 11 is 4.86. The minimum absolute atomic E-state index is 0.830. The first-order valence-corrected chi connectivity index (χ1v) is 14.4. The zero-order valence-corrected chi connectivity index (χ0v) is 18.1. The Hall–Kier alpha value is 1.000. The first kappa shape index (κ1) is 18.8. The molecule has 1 heterocycles. The normalized spacial score (nSPS) is 32.7. The lowest BCUT2D eigenvalue weighted by atomic mass is 10.00. The van der Waals surface area contributed by atoms with Gasteiger partial charge in [0.1, 0.15) is 0 Å². The van der Waals surface area contributed by atoms with Gasteiger partial charge in [0.05, 0.1) is 0 Å². The largest absolute Gasteiger partial charge is 0.114 e. The van der Waals surface area contributed by atoms with Gasteiger partial charge in [-0.15, -0.1) is 23.5 Å². The van der Waals surface area contributed by atoms with Gasteiger partial charge in [-0.05, 0) is 68.8 Å². The molecule has 4 unspecified atom stereocenters. The van der Waals surface area contributed by atoms with Crippen molar-refractivity contribution in [2.24, 2.45) is 11.8 Å². The standard InChI is InChI=1S/C20H37PS2/c1-4-7-12-21(13-8-5-2,14-9-6-3)20-22-18-16-10-11-17(15-16)19(18)23-20/h16-19H,4-15H2,1-3H3. The van der Waals surface area contributed by atoms with Gasteiger partial charge in [-0.1, -0.05) is 46.9 Å². The van der Waals surface area contributed by atoms with Crippen molar-refractivity contribution in [3.8, 4) is 0 Å². The van der Waals surface area contributed by atoms with E-state index in [1.807, 2.05) is 3.96 Å². The van der Waals surface area contributed by atoms with E-state index >= 15 is 0 Å². The number of hydrogen-bond donors (Lipinski definition) is 0. The summed E-state index contributed by atoms with van der Waals surface area (Å²) in [6, 6.07) is 0. The SMILES string of the molecule is CCCCP(CCCC)(CCCC)=C1SC2C3CCC(C3)C2S1. The van der Waals surface area contributed by atoms with Gasteiger partial charge in [-0.2, -0.15) is 0 Å². The molecule has 0 radical (unpaired) electrons. The van der Waals surface area contributed by atoms with Gasteiger partial charge in [-0.3, -0.25) is 0 Å². The summed E-state index contributed by atoms with van der Waals surface area (Å²) in [5.74, 6) is 2.18. The molecule has 3 rings (SSSR count). The number of thioether (sulfide) groups is 2. The zero-order chi connectivity index (χ0) is 16.3. The molecule has 0 spiro atoms. The van der Waals surface area contributed by atoms with Gasteiger partial charge in [-0.25, -0.2) is 0 Å². The highest BCUT2D eigenvalue weighted by Gasteiger charge is 2.53. The van der Waals surface area contributed by atoms with Crippen LogP contribution in [0.2, 0.25) is 0 Å². The summed E-state index contributed by atoms with van der Waals surface area (Å²) in [7, 11) is 0. The lowest BCUT2D eigenvalue weighted by molar-refractivity contribution is 0.508. The predicted octanol–water partition coefficient (Wildman–Crippen LogP) is 7.14. The van der Waals surface area contributed by atoms with E-state index in [4.69, 9.17) is 0 Å². The first-order chi connectivity index (χ1) is 11.2. The van der Waals surface area contributed by atoms with Crippen LogP contribution in [0.3, 0.4) is 0 Å². The minimum Gasteiger partial charge on any atom is -0.114 e. The highest BCUT2D eigenvalue weighted by Crippen LogP contribution is 2.66. The molecule has 4 atom stereocenters. The zero-order valence-electron chi connectivity index (χ0n) is 15.6. The third-order valence-corrected chi connectivity index (χ3v) is 16.7. The fraction of sp³-hybridized carbons (Fsp3) is 0.950. The Bertz CT molecular complexity index is 396. The van der Waals surface area contributed by atoms with Crippen molar-refractivity contribution >= 4 is 34.4 Å². The summed E-state index contributed by atoms with van der Waals surface area (Å²) in [4.78, 5) is 0. The maximum Gasteiger partial charge on any atom is 0.0372 e. The lowest BCUT2D eigenvalue weighted by Gasteiger charge is -2.29. The topological polar surface area (TPSA) is 0 Å². The quantitative estimate of drug-likeness (QED) is 0.394. The molecule has 0 N–H and O–H groups in total. The number of rotatable bonds is 9. The number of fused-ring (bicyclic) bond motifs is 5. The van der Waals surface area contributed by atoms with Crippen LogP contribution in [0.4, 0.5) is 0 Å². The van der Waals surface area contributed by atoms with Gasteiger partial charge in [0.2, 0.25) is 0 Å².